The average molecular weight is 490 g/mol. The molecule has 0 aliphatic heterocycles. The first-order chi connectivity index (χ1) is 15.3. The van der Waals surface area contributed by atoms with Crippen LogP contribution in [0.1, 0.15) is 12.0 Å². The fourth-order valence-corrected chi connectivity index (χ4v) is 5.36. The maximum Gasteiger partial charge on any atom is 0.264 e. The average Bonchev–Trinajstić information content (AvgIpc) is 3.12. The van der Waals surface area contributed by atoms with Crippen LogP contribution in [-0.4, -0.2) is 37.3 Å². The number of ether oxygens (including phenoxy) is 2. The maximum atomic E-state index is 13.1. The molecule has 1 heterocycles. The third-order valence-corrected chi connectivity index (χ3v) is 7.16. The van der Waals surface area contributed by atoms with Gasteiger partial charge in [-0.25, -0.2) is 8.42 Å². The van der Waals surface area contributed by atoms with E-state index in [0.717, 1.165) is 11.3 Å². The lowest BCUT2D eigenvalue weighted by Crippen LogP contribution is -2.21. The van der Waals surface area contributed by atoms with E-state index < -0.39 is 10.0 Å². The molecule has 2 aromatic carbocycles. The highest BCUT2D eigenvalue weighted by Gasteiger charge is 2.27. The molecule has 32 heavy (non-hydrogen) atoms. The van der Waals surface area contributed by atoms with Crippen molar-refractivity contribution in [2.45, 2.75) is 13.0 Å². The second-order valence-electron chi connectivity index (χ2n) is 7.04. The minimum atomic E-state index is -4.01. The van der Waals surface area contributed by atoms with Gasteiger partial charge in [0, 0.05) is 16.3 Å². The minimum Gasteiger partial charge on any atom is -0.497 e. The molecule has 0 radical (unpaired) electrons. The monoisotopic (exact) mass is 489 g/mol. The van der Waals surface area contributed by atoms with Crippen LogP contribution < -0.4 is 14.2 Å². The summed E-state index contributed by atoms with van der Waals surface area (Å²) in [5.41, 5.74) is 1.65. The number of aromatic nitrogens is 2. The molecule has 3 aromatic rings. The molecule has 0 spiro atoms. The van der Waals surface area contributed by atoms with Crippen molar-refractivity contribution in [3.8, 4) is 11.5 Å². The van der Waals surface area contributed by atoms with Crippen LogP contribution in [0.3, 0.4) is 0 Å². The van der Waals surface area contributed by atoms with Crippen LogP contribution in [-0.2, 0) is 16.6 Å². The Hall–Kier alpha value is -2.88. The Bertz CT molecular complexity index is 1380. The SMILES string of the molecule is COc1cccc(Cn2nc(NS(=O)(=O)C3=CC(Cl)=CCC3=S)c3c(OC)cccc32)c1. The first-order valence-electron chi connectivity index (χ1n) is 9.62. The van der Waals surface area contributed by atoms with Crippen LogP contribution >= 0.6 is 23.8 Å². The van der Waals surface area contributed by atoms with Crippen molar-refractivity contribution in [3.63, 3.8) is 0 Å². The molecule has 7 nitrogen and oxygen atoms in total. The van der Waals surface area contributed by atoms with Gasteiger partial charge < -0.3 is 9.47 Å². The second-order valence-corrected chi connectivity index (χ2v) is 9.62. The number of methoxy groups -OCH3 is 2. The molecule has 166 valence electrons. The van der Waals surface area contributed by atoms with Gasteiger partial charge in [-0.3, -0.25) is 9.40 Å². The highest BCUT2D eigenvalue weighted by Crippen LogP contribution is 2.34. The normalized spacial score (nSPS) is 14.2. The second kappa shape index (κ2) is 8.93. The Morgan fingerprint density at radius 2 is 1.97 bits per heavy atom. The molecule has 1 aliphatic carbocycles. The number of rotatable bonds is 7. The van der Waals surface area contributed by atoms with Crippen LogP contribution in [0.15, 0.2) is 64.6 Å². The Kier molecular flexibility index (Phi) is 6.23. The predicted molar refractivity (Wildman–Crippen MR) is 130 cm³/mol. The van der Waals surface area contributed by atoms with Crippen molar-refractivity contribution in [3.05, 3.63) is 70.1 Å². The lowest BCUT2D eigenvalue weighted by Gasteiger charge is -2.14. The number of sulfonamides is 1. The topological polar surface area (TPSA) is 82.5 Å². The number of thiocarbonyl (C=S) groups is 1. The highest BCUT2D eigenvalue weighted by molar-refractivity contribution is 7.99. The first kappa shape index (κ1) is 22.3. The van der Waals surface area contributed by atoms with Crippen molar-refractivity contribution < 1.29 is 17.9 Å². The van der Waals surface area contributed by atoms with Crippen LogP contribution in [0.4, 0.5) is 5.82 Å². The van der Waals surface area contributed by atoms with Crippen LogP contribution in [0, 0.1) is 0 Å². The Morgan fingerprint density at radius 1 is 1.19 bits per heavy atom. The summed E-state index contributed by atoms with van der Waals surface area (Å²) in [6.07, 6.45) is 3.31. The molecule has 0 saturated carbocycles. The van der Waals surface area contributed by atoms with Gasteiger partial charge in [-0.1, -0.05) is 48.1 Å². The van der Waals surface area contributed by atoms with Crippen molar-refractivity contribution in [1.29, 1.82) is 0 Å². The third kappa shape index (κ3) is 4.36. The van der Waals surface area contributed by atoms with Crippen molar-refractivity contribution >= 4 is 55.4 Å². The molecule has 0 unspecified atom stereocenters. The van der Waals surface area contributed by atoms with E-state index in [4.69, 9.17) is 33.3 Å². The van der Waals surface area contributed by atoms with Gasteiger partial charge in [0.1, 0.15) is 16.4 Å². The molecule has 1 aliphatic rings. The van der Waals surface area contributed by atoms with E-state index in [2.05, 4.69) is 9.82 Å². The Labute approximate surface area is 196 Å². The minimum absolute atomic E-state index is 0.0367. The number of fused-ring (bicyclic) bond motifs is 1. The van der Waals surface area contributed by atoms with Gasteiger partial charge in [0.2, 0.25) is 0 Å². The van der Waals surface area contributed by atoms with Crippen LogP contribution in [0.25, 0.3) is 10.9 Å². The van der Waals surface area contributed by atoms with Crippen LogP contribution in [0.2, 0.25) is 0 Å². The van der Waals surface area contributed by atoms with Crippen LogP contribution in [0.5, 0.6) is 11.5 Å². The van der Waals surface area contributed by atoms with Gasteiger partial charge >= 0.3 is 0 Å². The fraction of sp³-hybridized carbons (Fsp3) is 0.182. The van der Waals surface area contributed by atoms with E-state index in [1.807, 2.05) is 36.4 Å². The maximum absolute atomic E-state index is 13.1. The van der Waals surface area contributed by atoms with Gasteiger partial charge in [-0.15, -0.1) is 0 Å². The number of nitrogens with zero attached hydrogens (tertiary/aromatic N) is 2. The van der Waals surface area contributed by atoms with Crippen molar-refractivity contribution in [2.24, 2.45) is 0 Å². The summed E-state index contributed by atoms with van der Waals surface area (Å²) in [6, 6.07) is 13.0. The molecule has 0 fully saturated rings. The molecule has 0 saturated heterocycles. The summed E-state index contributed by atoms with van der Waals surface area (Å²) in [7, 11) is -0.885. The predicted octanol–water partition coefficient (Wildman–Crippen LogP) is 4.62. The third-order valence-electron chi connectivity index (χ3n) is 4.97. The van der Waals surface area contributed by atoms with E-state index >= 15 is 0 Å². The first-order valence-corrected chi connectivity index (χ1v) is 11.9. The largest absolute Gasteiger partial charge is 0.497 e. The van der Waals surface area contributed by atoms with Crippen molar-refractivity contribution in [2.75, 3.05) is 18.9 Å². The van der Waals surface area contributed by atoms with E-state index in [9.17, 15) is 8.42 Å². The summed E-state index contributed by atoms with van der Waals surface area (Å²) >= 11 is 11.3. The number of nitrogens with one attached hydrogen (secondary N) is 1. The zero-order valence-corrected chi connectivity index (χ0v) is 19.7. The van der Waals surface area contributed by atoms with Gasteiger partial charge in [-0.2, -0.15) is 5.10 Å². The van der Waals surface area contributed by atoms with Gasteiger partial charge in [0.15, 0.2) is 5.82 Å². The number of allylic oxidation sites excluding steroid dienone is 4. The molecule has 1 aromatic heterocycles. The summed E-state index contributed by atoms with van der Waals surface area (Å²) in [5.74, 6) is 1.37. The smallest absolute Gasteiger partial charge is 0.264 e. The summed E-state index contributed by atoms with van der Waals surface area (Å²) in [6.45, 7) is 0.401. The molecule has 4 rings (SSSR count). The lowest BCUT2D eigenvalue weighted by molar-refractivity contribution is 0.414. The Morgan fingerprint density at radius 3 is 2.72 bits per heavy atom. The lowest BCUT2D eigenvalue weighted by atomic mass is 10.2. The summed E-state index contributed by atoms with van der Waals surface area (Å²) in [4.78, 5) is 0.249. The quantitative estimate of drug-likeness (QED) is 0.487. The number of hydrogen-bond acceptors (Lipinski definition) is 6. The molecule has 0 amide bonds. The van der Waals surface area contributed by atoms with E-state index in [1.165, 1.54) is 13.2 Å². The Balaban J connectivity index is 1.79. The molecule has 1 N–H and O–H groups in total. The van der Waals surface area contributed by atoms with E-state index in [0.29, 0.717) is 28.2 Å². The number of anilines is 1. The van der Waals surface area contributed by atoms with Gasteiger partial charge in [0.25, 0.3) is 10.0 Å². The molecule has 0 atom stereocenters. The summed E-state index contributed by atoms with van der Waals surface area (Å²) in [5, 5.41) is 5.43. The number of hydrogen-bond donors (Lipinski definition) is 1. The molecular formula is C22H20ClN3O4S2. The highest BCUT2D eigenvalue weighted by atomic mass is 35.5. The molecule has 0 bridgehead atoms. The van der Waals surface area contributed by atoms with Gasteiger partial charge in [0.05, 0.1) is 31.7 Å². The van der Waals surface area contributed by atoms with E-state index in [1.54, 1.807) is 23.9 Å². The zero-order chi connectivity index (χ0) is 22.9. The summed E-state index contributed by atoms with van der Waals surface area (Å²) < 4.78 is 41.4. The van der Waals surface area contributed by atoms with Crippen molar-refractivity contribution in [1.82, 2.24) is 9.78 Å². The van der Waals surface area contributed by atoms with Gasteiger partial charge in [-0.05, 0) is 35.9 Å². The fourth-order valence-electron chi connectivity index (χ4n) is 3.47. The van der Waals surface area contributed by atoms with E-state index in [-0.39, 0.29) is 22.0 Å². The standard InChI is InChI=1S/C22H20ClN3O4S2/c1-29-16-6-3-5-14(11-16)13-26-17-7-4-8-18(30-2)21(17)22(24-26)25-32(27,28)20-12-15(23)9-10-19(20)31/h3-9,11-12H,10,13H2,1-2H3,(H,24,25). The molecular weight excluding hydrogens is 470 g/mol. The number of halogens is 1. The number of benzene rings is 2. The molecule has 10 heteroatoms. The zero-order valence-electron chi connectivity index (χ0n) is 17.3.